The highest BCUT2D eigenvalue weighted by atomic mass is 16.5. The number of carbonyl (C=O) groups is 1. The van der Waals surface area contributed by atoms with Gasteiger partial charge < -0.3 is 25.0 Å². The number of carbonyl (C=O) groups excluding carboxylic acids is 1. The molecule has 0 aliphatic carbocycles. The minimum Gasteiger partial charge on any atom is -0.493 e. The molecule has 0 bridgehead atoms. The SMILES string of the molecule is CN1CCC(Oc2cccc(-c3ccccc3CCOc3ccc(NC(=O)NCc4cccnc4)cc3)c2)CC1. The Balaban J connectivity index is 1.12. The number of amides is 2. The molecule has 206 valence electrons. The van der Waals surface area contributed by atoms with Crippen molar-refractivity contribution in [3.8, 4) is 22.6 Å². The van der Waals surface area contributed by atoms with Crippen LogP contribution in [0.25, 0.3) is 11.1 Å². The zero-order valence-electron chi connectivity index (χ0n) is 22.9. The Morgan fingerprint density at radius 1 is 0.950 bits per heavy atom. The Labute approximate surface area is 236 Å². The molecule has 2 N–H and O–H groups in total. The van der Waals surface area contributed by atoms with Gasteiger partial charge in [0.25, 0.3) is 0 Å². The lowest BCUT2D eigenvalue weighted by Crippen LogP contribution is -2.35. The van der Waals surface area contributed by atoms with E-state index >= 15 is 0 Å². The molecule has 1 fully saturated rings. The molecule has 1 saturated heterocycles. The Hall–Kier alpha value is -4.36. The number of hydrogen-bond acceptors (Lipinski definition) is 5. The van der Waals surface area contributed by atoms with E-state index in [9.17, 15) is 4.79 Å². The molecule has 7 heteroatoms. The number of benzene rings is 3. The number of nitrogens with zero attached hydrogens (tertiary/aromatic N) is 2. The summed E-state index contributed by atoms with van der Waals surface area (Å²) >= 11 is 0. The van der Waals surface area contributed by atoms with Crippen LogP contribution in [-0.4, -0.2) is 48.8 Å². The lowest BCUT2D eigenvalue weighted by atomic mass is 9.97. The predicted octanol–water partition coefficient (Wildman–Crippen LogP) is 6.16. The van der Waals surface area contributed by atoms with E-state index in [4.69, 9.17) is 9.47 Å². The van der Waals surface area contributed by atoms with E-state index in [1.165, 1.54) is 11.1 Å². The van der Waals surface area contributed by atoms with Gasteiger partial charge in [0, 0.05) is 44.1 Å². The van der Waals surface area contributed by atoms with Crippen LogP contribution < -0.4 is 20.1 Å². The molecule has 3 aromatic carbocycles. The van der Waals surface area contributed by atoms with Gasteiger partial charge in [0.15, 0.2) is 0 Å². The van der Waals surface area contributed by atoms with Gasteiger partial charge in [0.1, 0.15) is 17.6 Å². The minimum absolute atomic E-state index is 0.269. The third kappa shape index (κ3) is 7.83. The van der Waals surface area contributed by atoms with Gasteiger partial charge in [0.2, 0.25) is 0 Å². The summed E-state index contributed by atoms with van der Waals surface area (Å²) in [6.45, 7) is 3.11. The van der Waals surface area contributed by atoms with Crippen LogP contribution in [0.4, 0.5) is 10.5 Å². The van der Waals surface area contributed by atoms with E-state index in [1.807, 2.05) is 36.4 Å². The molecular formula is C33H36N4O3. The second kappa shape index (κ2) is 13.6. The highest BCUT2D eigenvalue weighted by molar-refractivity contribution is 5.89. The van der Waals surface area contributed by atoms with Crippen molar-refractivity contribution >= 4 is 11.7 Å². The van der Waals surface area contributed by atoms with E-state index in [0.717, 1.165) is 55.0 Å². The van der Waals surface area contributed by atoms with Gasteiger partial charge in [-0.1, -0.05) is 42.5 Å². The van der Waals surface area contributed by atoms with Gasteiger partial charge in [-0.2, -0.15) is 0 Å². The number of pyridine rings is 1. The van der Waals surface area contributed by atoms with Crippen LogP contribution >= 0.6 is 0 Å². The van der Waals surface area contributed by atoms with Gasteiger partial charge in [-0.15, -0.1) is 0 Å². The first-order chi connectivity index (χ1) is 19.6. The number of hydrogen-bond donors (Lipinski definition) is 2. The quantitative estimate of drug-likeness (QED) is 0.254. The second-order valence-electron chi connectivity index (χ2n) is 10.1. The first-order valence-electron chi connectivity index (χ1n) is 13.8. The van der Waals surface area contributed by atoms with E-state index in [0.29, 0.717) is 18.8 Å². The number of aromatic nitrogens is 1. The third-order valence-corrected chi connectivity index (χ3v) is 7.06. The van der Waals surface area contributed by atoms with Crippen molar-refractivity contribution in [1.82, 2.24) is 15.2 Å². The zero-order valence-corrected chi connectivity index (χ0v) is 22.9. The third-order valence-electron chi connectivity index (χ3n) is 7.06. The summed E-state index contributed by atoms with van der Waals surface area (Å²) < 4.78 is 12.4. The molecule has 0 atom stereocenters. The fraction of sp³-hybridized carbons (Fsp3) is 0.273. The molecule has 2 amide bonds. The molecule has 1 aliphatic rings. The van der Waals surface area contributed by atoms with Crippen LogP contribution in [0.1, 0.15) is 24.0 Å². The van der Waals surface area contributed by atoms with Gasteiger partial charge in [0.05, 0.1) is 6.61 Å². The number of nitrogens with one attached hydrogen (secondary N) is 2. The molecule has 1 aliphatic heterocycles. The lowest BCUT2D eigenvalue weighted by Gasteiger charge is -2.29. The fourth-order valence-electron chi connectivity index (χ4n) is 4.83. The Kier molecular flexibility index (Phi) is 9.27. The van der Waals surface area contributed by atoms with Crippen LogP contribution in [0.15, 0.2) is 97.3 Å². The summed E-state index contributed by atoms with van der Waals surface area (Å²) in [6, 6.07) is 27.8. The summed E-state index contributed by atoms with van der Waals surface area (Å²) in [4.78, 5) is 18.6. The first-order valence-corrected chi connectivity index (χ1v) is 13.8. The normalized spacial score (nSPS) is 13.9. The van der Waals surface area contributed by atoms with Gasteiger partial charge in [-0.05, 0) is 84.6 Å². The maximum atomic E-state index is 12.2. The number of urea groups is 1. The average Bonchev–Trinajstić information content (AvgIpc) is 2.99. The molecule has 5 rings (SSSR count). The topological polar surface area (TPSA) is 75.7 Å². The first kappa shape index (κ1) is 27.2. The molecule has 0 saturated carbocycles. The van der Waals surface area contributed by atoms with Gasteiger partial charge in [-0.3, -0.25) is 4.98 Å². The maximum Gasteiger partial charge on any atom is 0.319 e. The Morgan fingerprint density at radius 3 is 2.58 bits per heavy atom. The van der Waals surface area contributed by atoms with Gasteiger partial charge >= 0.3 is 6.03 Å². The molecule has 40 heavy (non-hydrogen) atoms. The summed E-state index contributed by atoms with van der Waals surface area (Å²) in [7, 11) is 2.16. The van der Waals surface area contributed by atoms with Gasteiger partial charge in [-0.25, -0.2) is 4.79 Å². The Bertz CT molecular complexity index is 1370. The van der Waals surface area contributed by atoms with Crippen molar-refractivity contribution in [2.45, 2.75) is 31.9 Å². The molecule has 1 aromatic heterocycles. The molecule has 0 spiro atoms. The summed E-state index contributed by atoms with van der Waals surface area (Å²) in [5, 5.41) is 5.67. The Morgan fingerprint density at radius 2 is 1.77 bits per heavy atom. The van der Waals surface area contributed by atoms with Crippen molar-refractivity contribution in [1.29, 1.82) is 0 Å². The smallest absolute Gasteiger partial charge is 0.319 e. The monoisotopic (exact) mass is 536 g/mol. The molecule has 0 radical (unpaired) electrons. The molecular weight excluding hydrogens is 500 g/mol. The van der Waals surface area contributed by atoms with E-state index in [2.05, 4.69) is 76.1 Å². The number of anilines is 1. The van der Waals surface area contributed by atoms with Crippen LogP contribution in [0.5, 0.6) is 11.5 Å². The largest absolute Gasteiger partial charge is 0.493 e. The van der Waals surface area contributed by atoms with Crippen LogP contribution in [0.3, 0.4) is 0 Å². The maximum absolute atomic E-state index is 12.2. The second-order valence-corrected chi connectivity index (χ2v) is 10.1. The standard InChI is InChI=1S/C33H36N4O3/c1-37-19-15-30(16-20-37)40-31-9-4-8-27(22-31)32-10-3-2-7-26(32)17-21-39-29-13-11-28(12-14-29)36-33(38)35-24-25-6-5-18-34-23-25/h2-14,18,22-23,30H,15-17,19-21,24H2,1H3,(H2,35,36,38). The molecule has 0 unspecified atom stereocenters. The summed E-state index contributed by atoms with van der Waals surface area (Å²) in [6.07, 6.45) is 6.60. The highest BCUT2D eigenvalue weighted by Crippen LogP contribution is 2.29. The summed E-state index contributed by atoms with van der Waals surface area (Å²) in [5.74, 6) is 1.69. The fourth-order valence-corrected chi connectivity index (χ4v) is 4.83. The van der Waals surface area contributed by atoms with Crippen LogP contribution in [0.2, 0.25) is 0 Å². The number of piperidine rings is 1. The van der Waals surface area contributed by atoms with Crippen LogP contribution in [-0.2, 0) is 13.0 Å². The zero-order chi connectivity index (χ0) is 27.6. The highest BCUT2D eigenvalue weighted by Gasteiger charge is 2.18. The van der Waals surface area contributed by atoms with Crippen molar-refractivity contribution in [2.75, 3.05) is 32.1 Å². The van der Waals surface area contributed by atoms with E-state index in [1.54, 1.807) is 12.4 Å². The molecule has 4 aromatic rings. The predicted molar refractivity (Wildman–Crippen MR) is 159 cm³/mol. The number of likely N-dealkylation sites (tertiary alicyclic amines) is 1. The lowest BCUT2D eigenvalue weighted by molar-refractivity contribution is 0.114. The average molecular weight is 537 g/mol. The van der Waals surface area contributed by atoms with Crippen molar-refractivity contribution in [2.24, 2.45) is 0 Å². The van der Waals surface area contributed by atoms with Crippen LogP contribution in [0, 0.1) is 0 Å². The van der Waals surface area contributed by atoms with E-state index in [-0.39, 0.29) is 12.1 Å². The number of rotatable bonds is 10. The van der Waals surface area contributed by atoms with Crippen molar-refractivity contribution < 1.29 is 14.3 Å². The summed E-state index contributed by atoms with van der Waals surface area (Å²) in [5.41, 5.74) is 5.21. The molecule has 2 heterocycles. The van der Waals surface area contributed by atoms with Crippen molar-refractivity contribution in [3.05, 3.63) is 108 Å². The number of ether oxygens (including phenoxy) is 2. The minimum atomic E-state index is -0.269. The van der Waals surface area contributed by atoms with Crippen molar-refractivity contribution in [3.63, 3.8) is 0 Å². The molecule has 7 nitrogen and oxygen atoms in total. The van der Waals surface area contributed by atoms with E-state index < -0.39 is 0 Å².